The Bertz CT molecular complexity index is 258. The third-order valence-electron chi connectivity index (χ3n) is 1.89. The summed E-state index contributed by atoms with van der Waals surface area (Å²) in [6, 6.07) is 2.20. The van der Waals surface area contributed by atoms with Crippen LogP contribution in [0.15, 0.2) is 16.9 Å². The van der Waals surface area contributed by atoms with Crippen molar-refractivity contribution in [2.45, 2.75) is 33.1 Å². The monoisotopic (exact) mass is 227 g/mol. The van der Waals surface area contributed by atoms with E-state index in [1.807, 2.05) is 6.20 Å². The van der Waals surface area contributed by atoms with E-state index in [2.05, 4.69) is 40.8 Å². The van der Waals surface area contributed by atoms with E-state index in [9.17, 15) is 0 Å². The Morgan fingerprint density at radius 2 is 2.25 bits per heavy atom. The number of aryl methyl sites for hydroxylation is 2. The molecule has 0 aliphatic carbocycles. The normalized spacial score (nSPS) is 10.2. The molecule has 0 atom stereocenters. The van der Waals surface area contributed by atoms with Gasteiger partial charge in [0, 0.05) is 6.20 Å². The van der Waals surface area contributed by atoms with Gasteiger partial charge in [0.05, 0.1) is 0 Å². The highest BCUT2D eigenvalue weighted by atomic mass is 79.9. The van der Waals surface area contributed by atoms with Crippen LogP contribution in [0.3, 0.4) is 0 Å². The van der Waals surface area contributed by atoms with Crippen LogP contribution in [0.5, 0.6) is 0 Å². The number of rotatable bonds is 3. The fraction of sp³-hybridized carbons (Fsp3) is 0.500. The zero-order valence-corrected chi connectivity index (χ0v) is 9.19. The lowest BCUT2D eigenvalue weighted by atomic mass is 10.1. The van der Waals surface area contributed by atoms with Crippen LogP contribution in [0, 0.1) is 6.92 Å². The zero-order chi connectivity index (χ0) is 8.97. The van der Waals surface area contributed by atoms with E-state index < -0.39 is 0 Å². The van der Waals surface area contributed by atoms with Crippen molar-refractivity contribution in [1.29, 1.82) is 0 Å². The maximum absolute atomic E-state index is 4.25. The van der Waals surface area contributed by atoms with Crippen LogP contribution in [0.2, 0.25) is 0 Å². The molecule has 0 saturated carbocycles. The average molecular weight is 228 g/mol. The Balaban J connectivity index is 2.69. The van der Waals surface area contributed by atoms with Crippen molar-refractivity contribution < 1.29 is 0 Å². The van der Waals surface area contributed by atoms with Crippen molar-refractivity contribution in [3.8, 4) is 0 Å². The molecule has 1 aromatic heterocycles. The Hall–Kier alpha value is -0.370. The first-order valence-electron chi connectivity index (χ1n) is 4.35. The summed E-state index contributed by atoms with van der Waals surface area (Å²) in [4.78, 5) is 4.25. The second-order valence-corrected chi connectivity index (χ2v) is 3.81. The fourth-order valence-corrected chi connectivity index (χ4v) is 1.35. The van der Waals surface area contributed by atoms with Gasteiger partial charge >= 0.3 is 0 Å². The Labute approximate surface area is 82.3 Å². The molecule has 66 valence electrons. The third kappa shape index (κ3) is 2.59. The minimum atomic E-state index is 0.961. The van der Waals surface area contributed by atoms with Gasteiger partial charge in [-0.15, -0.1) is 0 Å². The lowest BCUT2D eigenvalue weighted by Crippen LogP contribution is -1.89. The van der Waals surface area contributed by atoms with Crippen LogP contribution in [-0.2, 0) is 6.42 Å². The molecule has 1 aromatic rings. The third-order valence-corrected chi connectivity index (χ3v) is 2.72. The second-order valence-electron chi connectivity index (χ2n) is 3.05. The van der Waals surface area contributed by atoms with Crippen molar-refractivity contribution in [3.05, 3.63) is 28.0 Å². The first-order chi connectivity index (χ1) is 5.74. The average Bonchev–Trinajstić information content (AvgIpc) is 2.07. The number of aromatic nitrogens is 1. The van der Waals surface area contributed by atoms with Crippen molar-refractivity contribution >= 4 is 15.9 Å². The summed E-state index contributed by atoms with van der Waals surface area (Å²) in [5.74, 6) is 0. The van der Waals surface area contributed by atoms with Crippen molar-refractivity contribution in [2.75, 3.05) is 0 Å². The predicted octanol–water partition coefficient (Wildman–Crippen LogP) is 3.50. The van der Waals surface area contributed by atoms with E-state index in [-0.39, 0.29) is 0 Å². The molecule has 0 N–H and O–H groups in total. The minimum Gasteiger partial charge on any atom is -0.249 e. The Kier molecular flexibility index (Phi) is 3.73. The summed E-state index contributed by atoms with van der Waals surface area (Å²) in [7, 11) is 0. The minimum absolute atomic E-state index is 0.961. The second kappa shape index (κ2) is 4.61. The molecular formula is C10H14BrN. The first kappa shape index (κ1) is 9.72. The number of nitrogens with zero attached hydrogens (tertiary/aromatic N) is 1. The van der Waals surface area contributed by atoms with Gasteiger partial charge in [0.15, 0.2) is 0 Å². The van der Waals surface area contributed by atoms with Gasteiger partial charge in [0.2, 0.25) is 0 Å². The highest BCUT2D eigenvalue weighted by molar-refractivity contribution is 9.10. The van der Waals surface area contributed by atoms with Gasteiger partial charge in [0.25, 0.3) is 0 Å². The molecule has 0 aliphatic heterocycles. The number of hydrogen-bond acceptors (Lipinski definition) is 1. The Morgan fingerprint density at radius 1 is 1.50 bits per heavy atom. The maximum atomic E-state index is 4.25. The molecule has 0 bridgehead atoms. The van der Waals surface area contributed by atoms with E-state index in [1.165, 1.54) is 24.0 Å². The quantitative estimate of drug-likeness (QED) is 0.721. The van der Waals surface area contributed by atoms with Gasteiger partial charge in [-0.25, -0.2) is 4.98 Å². The van der Waals surface area contributed by atoms with Crippen molar-refractivity contribution in [1.82, 2.24) is 4.98 Å². The van der Waals surface area contributed by atoms with Crippen molar-refractivity contribution in [3.63, 3.8) is 0 Å². The topological polar surface area (TPSA) is 12.9 Å². The van der Waals surface area contributed by atoms with E-state index in [1.54, 1.807) is 0 Å². The lowest BCUT2D eigenvalue weighted by molar-refractivity contribution is 0.790. The SMILES string of the molecule is CCCCc1cnc(Br)c(C)c1. The molecule has 0 radical (unpaired) electrons. The van der Waals surface area contributed by atoms with Crippen LogP contribution in [0.4, 0.5) is 0 Å². The van der Waals surface area contributed by atoms with E-state index >= 15 is 0 Å². The van der Waals surface area contributed by atoms with Crippen LogP contribution >= 0.6 is 15.9 Å². The highest BCUT2D eigenvalue weighted by Crippen LogP contribution is 2.14. The summed E-state index contributed by atoms with van der Waals surface area (Å²) < 4.78 is 0.961. The molecule has 1 nitrogen and oxygen atoms in total. The van der Waals surface area contributed by atoms with E-state index in [4.69, 9.17) is 0 Å². The molecular weight excluding hydrogens is 214 g/mol. The molecule has 2 heteroatoms. The number of pyridine rings is 1. The van der Waals surface area contributed by atoms with E-state index in [0.29, 0.717) is 0 Å². The zero-order valence-electron chi connectivity index (χ0n) is 7.60. The van der Waals surface area contributed by atoms with Gasteiger partial charge < -0.3 is 0 Å². The standard InChI is InChI=1S/C10H14BrN/c1-3-4-5-9-6-8(2)10(11)12-7-9/h6-7H,3-5H2,1-2H3. The Morgan fingerprint density at radius 3 is 2.83 bits per heavy atom. The predicted molar refractivity (Wildman–Crippen MR) is 55.3 cm³/mol. The van der Waals surface area contributed by atoms with Gasteiger partial charge in [-0.1, -0.05) is 19.4 Å². The summed E-state index contributed by atoms with van der Waals surface area (Å²) in [6.45, 7) is 4.28. The molecule has 0 fully saturated rings. The summed E-state index contributed by atoms with van der Waals surface area (Å²) in [5, 5.41) is 0. The first-order valence-corrected chi connectivity index (χ1v) is 5.14. The number of unbranched alkanes of at least 4 members (excludes halogenated alkanes) is 1. The lowest BCUT2D eigenvalue weighted by Gasteiger charge is -2.01. The largest absolute Gasteiger partial charge is 0.249 e. The van der Waals surface area contributed by atoms with Gasteiger partial charge in [-0.2, -0.15) is 0 Å². The molecule has 0 aromatic carbocycles. The van der Waals surface area contributed by atoms with Gasteiger partial charge in [0.1, 0.15) is 4.60 Å². The number of hydrogen-bond donors (Lipinski definition) is 0. The molecule has 1 rings (SSSR count). The summed E-state index contributed by atoms with van der Waals surface area (Å²) in [5.41, 5.74) is 2.57. The maximum Gasteiger partial charge on any atom is 0.108 e. The van der Waals surface area contributed by atoms with Gasteiger partial charge in [-0.3, -0.25) is 0 Å². The van der Waals surface area contributed by atoms with Crippen LogP contribution in [-0.4, -0.2) is 4.98 Å². The molecule has 0 saturated heterocycles. The number of halogens is 1. The highest BCUT2D eigenvalue weighted by Gasteiger charge is 1.97. The van der Waals surface area contributed by atoms with Crippen LogP contribution in [0.1, 0.15) is 30.9 Å². The molecule has 1 heterocycles. The molecule has 0 aliphatic rings. The summed E-state index contributed by atoms with van der Waals surface area (Å²) in [6.07, 6.45) is 5.60. The molecule has 0 amide bonds. The summed E-state index contributed by atoms with van der Waals surface area (Å²) >= 11 is 3.39. The van der Waals surface area contributed by atoms with Crippen LogP contribution in [0.25, 0.3) is 0 Å². The van der Waals surface area contributed by atoms with Crippen LogP contribution < -0.4 is 0 Å². The molecule has 12 heavy (non-hydrogen) atoms. The molecule has 0 unspecified atom stereocenters. The molecule has 0 spiro atoms. The van der Waals surface area contributed by atoms with Crippen molar-refractivity contribution in [2.24, 2.45) is 0 Å². The fourth-order valence-electron chi connectivity index (χ4n) is 1.13. The van der Waals surface area contributed by atoms with Gasteiger partial charge in [-0.05, 0) is 46.8 Å². The van der Waals surface area contributed by atoms with E-state index in [0.717, 1.165) is 11.0 Å². The smallest absolute Gasteiger partial charge is 0.108 e.